The fourth-order valence-corrected chi connectivity index (χ4v) is 2.85. The first-order valence-electron chi connectivity index (χ1n) is 6.87. The summed E-state index contributed by atoms with van der Waals surface area (Å²) in [5.41, 5.74) is 4.04. The Hall–Kier alpha value is -1.84. The summed E-state index contributed by atoms with van der Waals surface area (Å²) in [6.45, 7) is 1.26. The van der Waals surface area contributed by atoms with Gasteiger partial charge in [-0.1, -0.05) is 18.2 Å². The van der Waals surface area contributed by atoms with Gasteiger partial charge in [0.2, 0.25) is 11.8 Å². The molecule has 2 amide bonds. The summed E-state index contributed by atoms with van der Waals surface area (Å²) in [6, 6.07) is 6.51. The molecule has 1 N–H and O–H groups in total. The third-order valence-corrected chi connectivity index (χ3v) is 3.93. The molecule has 4 nitrogen and oxygen atoms in total. The fraction of sp³-hybridized carbons (Fsp3) is 0.467. The fourth-order valence-electron chi connectivity index (χ4n) is 2.85. The molecule has 1 aromatic carbocycles. The lowest BCUT2D eigenvalue weighted by atomic mass is 10.1. The standard InChI is InChI=1S/C15H18N2O2/c18-14-6-7-17(15(19)9-16-14)10-11-4-5-12-2-1-3-13(12)8-11/h4-5,8H,1-3,6-7,9-10H2,(H,16,18). The molecule has 0 atom stereocenters. The van der Waals surface area contributed by atoms with Gasteiger partial charge in [0.15, 0.2) is 0 Å². The number of aryl methyl sites for hydroxylation is 2. The van der Waals surface area contributed by atoms with Crippen LogP contribution in [0.25, 0.3) is 0 Å². The maximum atomic E-state index is 11.9. The molecule has 0 radical (unpaired) electrons. The third-order valence-electron chi connectivity index (χ3n) is 3.93. The Morgan fingerprint density at radius 3 is 2.84 bits per heavy atom. The van der Waals surface area contributed by atoms with Crippen LogP contribution >= 0.6 is 0 Å². The topological polar surface area (TPSA) is 49.4 Å². The Morgan fingerprint density at radius 2 is 1.95 bits per heavy atom. The molecule has 0 bridgehead atoms. The Labute approximate surface area is 112 Å². The molecule has 100 valence electrons. The summed E-state index contributed by atoms with van der Waals surface area (Å²) in [4.78, 5) is 25.0. The van der Waals surface area contributed by atoms with Gasteiger partial charge in [0, 0.05) is 19.5 Å². The van der Waals surface area contributed by atoms with Gasteiger partial charge in [0.05, 0.1) is 6.54 Å². The first kappa shape index (κ1) is 12.2. The van der Waals surface area contributed by atoms with Crippen LogP contribution in [0, 0.1) is 0 Å². The van der Waals surface area contributed by atoms with Crippen LogP contribution < -0.4 is 5.32 Å². The molecule has 0 unspecified atom stereocenters. The summed E-state index contributed by atoms with van der Waals surface area (Å²) in [5.74, 6) is -0.0313. The molecule has 0 spiro atoms. The third kappa shape index (κ3) is 2.62. The lowest BCUT2D eigenvalue weighted by molar-refractivity contribution is -0.130. The number of nitrogens with zero attached hydrogens (tertiary/aromatic N) is 1. The largest absolute Gasteiger partial charge is 0.347 e. The van der Waals surface area contributed by atoms with Crippen molar-refractivity contribution in [3.8, 4) is 0 Å². The number of rotatable bonds is 2. The van der Waals surface area contributed by atoms with Gasteiger partial charge >= 0.3 is 0 Å². The predicted molar refractivity (Wildman–Crippen MR) is 71.5 cm³/mol. The second-order valence-corrected chi connectivity index (χ2v) is 5.30. The summed E-state index contributed by atoms with van der Waals surface area (Å²) in [5, 5.41) is 2.62. The number of nitrogens with one attached hydrogen (secondary N) is 1. The van der Waals surface area contributed by atoms with E-state index in [4.69, 9.17) is 0 Å². The number of carbonyl (C=O) groups is 2. The van der Waals surface area contributed by atoms with Gasteiger partial charge in [-0.3, -0.25) is 9.59 Å². The van der Waals surface area contributed by atoms with Crippen molar-refractivity contribution in [2.45, 2.75) is 32.2 Å². The first-order chi connectivity index (χ1) is 9.22. The van der Waals surface area contributed by atoms with Gasteiger partial charge in [-0.05, 0) is 36.0 Å². The summed E-state index contributed by atoms with van der Waals surface area (Å²) in [7, 11) is 0. The maximum Gasteiger partial charge on any atom is 0.242 e. The van der Waals surface area contributed by atoms with E-state index in [1.807, 2.05) is 0 Å². The zero-order chi connectivity index (χ0) is 13.2. The Morgan fingerprint density at radius 1 is 1.11 bits per heavy atom. The van der Waals surface area contributed by atoms with E-state index in [0.29, 0.717) is 19.5 Å². The molecule has 0 aromatic heterocycles. The van der Waals surface area contributed by atoms with Gasteiger partial charge in [-0.25, -0.2) is 0 Å². The Balaban J connectivity index is 1.73. The Bertz CT molecular complexity index is 525. The molecular weight excluding hydrogens is 240 g/mol. The molecule has 2 aliphatic rings. The van der Waals surface area contributed by atoms with Gasteiger partial charge in [-0.15, -0.1) is 0 Å². The lowest BCUT2D eigenvalue weighted by Crippen LogP contribution is -2.34. The lowest BCUT2D eigenvalue weighted by Gasteiger charge is -2.20. The molecule has 1 fully saturated rings. The first-order valence-corrected chi connectivity index (χ1v) is 6.87. The number of hydrogen-bond donors (Lipinski definition) is 1. The van der Waals surface area contributed by atoms with Crippen LogP contribution in [0.15, 0.2) is 18.2 Å². The molecule has 1 aliphatic heterocycles. The van der Waals surface area contributed by atoms with E-state index < -0.39 is 0 Å². The van der Waals surface area contributed by atoms with Gasteiger partial charge in [0.1, 0.15) is 0 Å². The Kier molecular flexibility index (Phi) is 3.23. The van der Waals surface area contributed by atoms with Crippen molar-refractivity contribution in [3.63, 3.8) is 0 Å². The van der Waals surface area contributed by atoms with Gasteiger partial charge in [-0.2, -0.15) is 0 Å². The SMILES string of the molecule is O=C1CCN(Cc2ccc3c(c2)CCC3)C(=O)CN1. The quantitative estimate of drug-likeness (QED) is 0.861. The van der Waals surface area contributed by atoms with Crippen LogP contribution in [0.4, 0.5) is 0 Å². The smallest absolute Gasteiger partial charge is 0.242 e. The zero-order valence-corrected chi connectivity index (χ0v) is 10.9. The van der Waals surface area contributed by atoms with Crippen molar-refractivity contribution in [3.05, 3.63) is 34.9 Å². The van der Waals surface area contributed by atoms with E-state index in [0.717, 1.165) is 6.42 Å². The van der Waals surface area contributed by atoms with Crippen molar-refractivity contribution < 1.29 is 9.59 Å². The van der Waals surface area contributed by atoms with Crippen molar-refractivity contribution in [2.24, 2.45) is 0 Å². The second kappa shape index (κ2) is 5.03. The molecule has 19 heavy (non-hydrogen) atoms. The van der Waals surface area contributed by atoms with Crippen LogP contribution in [0.5, 0.6) is 0 Å². The number of carbonyl (C=O) groups excluding carboxylic acids is 2. The number of amides is 2. The minimum atomic E-state index is -0.0372. The number of hydrogen-bond acceptors (Lipinski definition) is 2. The minimum absolute atomic E-state index is 0.00588. The normalized spacial score (nSPS) is 19.1. The number of benzene rings is 1. The molecule has 3 rings (SSSR count). The minimum Gasteiger partial charge on any atom is -0.347 e. The van der Waals surface area contributed by atoms with Crippen molar-refractivity contribution in [1.29, 1.82) is 0 Å². The second-order valence-electron chi connectivity index (χ2n) is 5.30. The zero-order valence-electron chi connectivity index (χ0n) is 10.9. The molecule has 1 heterocycles. The van der Waals surface area contributed by atoms with Crippen molar-refractivity contribution in [1.82, 2.24) is 10.2 Å². The summed E-state index contributed by atoms with van der Waals surface area (Å²) < 4.78 is 0. The molecule has 4 heteroatoms. The maximum absolute atomic E-state index is 11.9. The summed E-state index contributed by atoms with van der Waals surface area (Å²) >= 11 is 0. The van der Waals surface area contributed by atoms with Crippen LogP contribution in [0.3, 0.4) is 0 Å². The molecular formula is C15H18N2O2. The monoisotopic (exact) mass is 258 g/mol. The van der Waals surface area contributed by atoms with Crippen LogP contribution in [0.2, 0.25) is 0 Å². The van der Waals surface area contributed by atoms with Gasteiger partial charge in [0.25, 0.3) is 0 Å². The van der Waals surface area contributed by atoms with E-state index in [9.17, 15) is 9.59 Å². The van der Waals surface area contributed by atoms with E-state index >= 15 is 0 Å². The van der Waals surface area contributed by atoms with Gasteiger partial charge < -0.3 is 10.2 Å². The molecule has 1 saturated heterocycles. The van der Waals surface area contributed by atoms with Crippen LogP contribution in [-0.2, 0) is 29.0 Å². The summed E-state index contributed by atoms with van der Waals surface area (Å²) in [6.07, 6.45) is 3.96. The van der Waals surface area contributed by atoms with E-state index in [1.165, 1.54) is 29.5 Å². The molecule has 1 aromatic rings. The highest BCUT2D eigenvalue weighted by molar-refractivity contribution is 5.87. The number of fused-ring (bicyclic) bond motifs is 1. The predicted octanol–water partition coefficient (Wildman–Crippen LogP) is 1.02. The van der Waals surface area contributed by atoms with Crippen molar-refractivity contribution >= 4 is 11.8 Å². The van der Waals surface area contributed by atoms with E-state index in [1.54, 1.807) is 4.90 Å². The van der Waals surface area contributed by atoms with E-state index in [2.05, 4.69) is 23.5 Å². The molecule has 0 saturated carbocycles. The highest BCUT2D eigenvalue weighted by Crippen LogP contribution is 2.23. The average Bonchev–Trinajstić information content (AvgIpc) is 2.81. The average molecular weight is 258 g/mol. The van der Waals surface area contributed by atoms with Crippen LogP contribution in [0.1, 0.15) is 29.5 Å². The van der Waals surface area contributed by atoms with E-state index in [-0.39, 0.29) is 18.4 Å². The highest BCUT2D eigenvalue weighted by Gasteiger charge is 2.20. The van der Waals surface area contributed by atoms with Crippen molar-refractivity contribution in [2.75, 3.05) is 13.1 Å². The highest BCUT2D eigenvalue weighted by atomic mass is 16.2. The van der Waals surface area contributed by atoms with Crippen LogP contribution in [-0.4, -0.2) is 29.8 Å². The molecule has 1 aliphatic carbocycles.